The van der Waals surface area contributed by atoms with Gasteiger partial charge in [-0.15, -0.1) is 0 Å². The fourth-order valence-corrected chi connectivity index (χ4v) is 2.91. The largest absolute Gasteiger partial charge is 0.497 e. The van der Waals surface area contributed by atoms with Gasteiger partial charge < -0.3 is 14.4 Å². The molecule has 2 aromatic rings. The van der Waals surface area contributed by atoms with E-state index in [1.807, 2.05) is 48.2 Å². The molecular formula is C19H22N2O3. The number of nitrogens with zero attached hydrogens (tertiary/aromatic N) is 2. The summed E-state index contributed by atoms with van der Waals surface area (Å²) in [6.45, 7) is 3.71. The monoisotopic (exact) mass is 326 g/mol. The average molecular weight is 326 g/mol. The maximum Gasteiger partial charge on any atom is 0.227 e. The minimum absolute atomic E-state index is 0.0882. The third-order valence-corrected chi connectivity index (χ3v) is 4.20. The number of pyridine rings is 1. The predicted molar refractivity (Wildman–Crippen MR) is 90.9 cm³/mol. The van der Waals surface area contributed by atoms with Crippen LogP contribution in [0.15, 0.2) is 42.6 Å². The first-order valence-electron chi connectivity index (χ1n) is 8.10. The Bertz CT molecular complexity index is 717. The van der Waals surface area contributed by atoms with Crippen LogP contribution in [0.25, 0.3) is 0 Å². The van der Waals surface area contributed by atoms with Crippen LogP contribution in [0.3, 0.4) is 0 Å². The van der Waals surface area contributed by atoms with Crippen molar-refractivity contribution in [3.63, 3.8) is 0 Å². The molecule has 1 saturated heterocycles. The summed E-state index contributed by atoms with van der Waals surface area (Å²) in [4.78, 5) is 18.7. The molecule has 24 heavy (non-hydrogen) atoms. The highest BCUT2D eigenvalue weighted by atomic mass is 16.5. The van der Waals surface area contributed by atoms with Crippen LogP contribution >= 0.6 is 0 Å². The fourth-order valence-electron chi connectivity index (χ4n) is 2.91. The van der Waals surface area contributed by atoms with Crippen molar-refractivity contribution in [1.82, 2.24) is 9.88 Å². The van der Waals surface area contributed by atoms with E-state index < -0.39 is 0 Å². The number of rotatable bonds is 4. The minimum atomic E-state index is -0.0882. The van der Waals surface area contributed by atoms with E-state index in [0.717, 1.165) is 22.6 Å². The van der Waals surface area contributed by atoms with Gasteiger partial charge in [0.2, 0.25) is 5.91 Å². The summed E-state index contributed by atoms with van der Waals surface area (Å²) in [5.41, 5.74) is 2.99. The molecule has 1 aliphatic rings. The van der Waals surface area contributed by atoms with E-state index in [0.29, 0.717) is 26.1 Å². The second-order valence-corrected chi connectivity index (χ2v) is 5.96. The molecule has 0 aliphatic carbocycles. The average Bonchev–Trinajstić information content (AvgIpc) is 2.62. The van der Waals surface area contributed by atoms with Crippen LogP contribution in [0.5, 0.6) is 5.75 Å². The highest BCUT2D eigenvalue weighted by Crippen LogP contribution is 2.23. The quantitative estimate of drug-likeness (QED) is 0.866. The van der Waals surface area contributed by atoms with E-state index in [-0.39, 0.29) is 12.0 Å². The highest BCUT2D eigenvalue weighted by Gasteiger charge is 2.25. The van der Waals surface area contributed by atoms with Gasteiger partial charge in [0.05, 0.1) is 26.7 Å². The Morgan fingerprint density at radius 3 is 3.04 bits per heavy atom. The van der Waals surface area contributed by atoms with Gasteiger partial charge in [0.25, 0.3) is 0 Å². The molecule has 1 amide bonds. The topological polar surface area (TPSA) is 51.7 Å². The van der Waals surface area contributed by atoms with Crippen LogP contribution in [0.4, 0.5) is 0 Å². The lowest BCUT2D eigenvalue weighted by atomic mass is 10.1. The maximum absolute atomic E-state index is 12.6. The molecule has 1 aliphatic heterocycles. The molecule has 3 rings (SSSR count). The number of aryl methyl sites for hydroxylation is 1. The van der Waals surface area contributed by atoms with Crippen molar-refractivity contribution >= 4 is 5.91 Å². The number of carbonyl (C=O) groups excluding carboxylic acids is 1. The predicted octanol–water partition coefficient (Wildman–Crippen LogP) is 2.54. The summed E-state index contributed by atoms with van der Waals surface area (Å²) in [5, 5.41) is 0. The van der Waals surface area contributed by atoms with Gasteiger partial charge in [0.1, 0.15) is 11.9 Å². The lowest BCUT2D eigenvalue weighted by Crippen LogP contribution is -2.43. The van der Waals surface area contributed by atoms with E-state index in [4.69, 9.17) is 9.47 Å². The summed E-state index contributed by atoms with van der Waals surface area (Å²) in [5.74, 6) is 0.884. The van der Waals surface area contributed by atoms with E-state index in [2.05, 4.69) is 4.98 Å². The van der Waals surface area contributed by atoms with Crippen LogP contribution in [-0.4, -0.2) is 42.6 Å². The molecule has 1 aromatic carbocycles. The normalized spacial score (nSPS) is 17.6. The molecule has 0 saturated carbocycles. The number of morpholine rings is 1. The van der Waals surface area contributed by atoms with Crippen molar-refractivity contribution in [3.8, 4) is 5.75 Å². The van der Waals surface area contributed by atoms with E-state index in [9.17, 15) is 4.79 Å². The SMILES string of the molecule is COc1cccc(CC(=O)N2CCO[C@H](c3ccnc(C)c3)C2)c1. The number of hydrogen-bond donors (Lipinski definition) is 0. The lowest BCUT2D eigenvalue weighted by Gasteiger charge is -2.33. The minimum Gasteiger partial charge on any atom is -0.497 e. The van der Waals surface area contributed by atoms with Gasteiger partial charge in [-0.1, -0.05) is 12.1 Å². The van der Waals surface area contributed by atoms with E-state index in [1.54, 1.807) is 13.3 Å². The molecule has 0 N–H and O–H groups in total. The number of carbonyl (C=O) groups is 1. The first-order chi connectivity index (χ1) is 11.7. The second-order valence-electron chi connectivity index (χ2n) is 5.96. The lowest BCUT2D eigenvalue weighted by molar-refractivity contribution is -0.138. The maximum atomic E-state index is 12.6. The molecule has 0 radical (unpaired) electrons. The summed E-state index contributed by atoms with van der Waals surface area (Å²) >= 11 is 0. The van der Waals surface area contributed by atoms with Gasteiger partial charge >= 0.3 is 0 Å². The number of aromatic nitrogens is 1. The van der Waals surface area contributed by atoms with Gasteiger partial charge in [-0.2, -0.15) is 0 Å². The summed E-state index contributed by atoms with van der Waals surface area (Å²) < 4.78 is 11.1. The molecular weight excluding hydrogens is 304 g/mol. The van der Waals surface area contributed by atoms with Gasteiger partial charge in [-0.25, -0.2) is 0 Å². The van der Waals surface area contributed by atoms with Gasteiger partial charge in [0.15, 0.2) is 0 Å². The standard InChI is InChI=1S/C19H22N2O3/c1-14-10-16(6-7-20-14)18-13-21(8-9-24-18)19(22)12-15-4-3-5-17(11-15)23-2/h3-7,10-11,18H,8-9,12-13H2,1-2H3/t18-/m0/s1. The summed E-state index contributed by atoms with van der Waals surface area (Å²) in [7, 11) is 1.63. The van der Waals surface area contributed by atoms with Crippen molar-refractivity contribution in [1.29, 1.82) is 0 Å². The van der Waals surface area contributed by atoms with Crippen molar-refractivity contribution < 1.29 is 14.3 Å². The van der Waals surface area contributed by atoms with Gasteiger partial charge in [-0.05, 0) is 42.3 Å². The van der Waals surface area contributed by atoms with Gasteiger partial charge in [0, 0.05) is 18.4 Å². The van der Waals surface area contributed by atoms with E-state index in [1.165, 1.54) is 0 Å². The molecule has 0 bridgehead atoms. The van der Waals surface area contributed by atoms with Crippen molar-refractivity contribution in [2.75, 3.05) is 26.8 Å². The summed E-state index contributed by atoms with van der Waals surface area (Å²) in [6.07, 6.45) is 2.07. The van der Waals surface area contributed by atoms with Crippen LogP contribution in [0.2, 0.25) is 0 Å². The molecule has 5 nitrogen and oxygen atoms in total. The van der Waals surface area contributed by atoms with Crippen LogP contribution < -0.4 is 4.74 Å². The Labute approximate surface area is 142 Å². The molecule has 0 unspecified atom stereocenters. The highest BCUT2D eigenvalue weighted by molar-refractivity contribution is 5.79. The zero-order valence-electron chi connectivity index (χ0n) is 14.1. The third kappa shape index (κ3) is 3.92. The number of benzene rings is 1. The number of amides is 1. The molecule has 1 atom stereocenters. The van der Waals surface area contributed by atoms with Crippen molar-refractivity contribution in [3.05, 3.63) is 59.4 Å². The molecule has 5 heteroatoms. The Morgan fingerprint density at radius 1 is 1.38 bits per heavy atom. The van der Waals surface area contributed by atoms with Gasteiger partial charge in [-0.3, -0.25) is 9.78 Å². The Balaban J connectivity index is 1.66. The molecule has 126 valence electrons. The number of ether oxygens (including phenoxy) is 2. The van der Waals surface area contributed by atoms with Crippen LogP contribution in [0.1, 0.15) is 22.9 Å². The van der Waals surface area contributed by atoms with Crippen molar-refractivity contribution in [2.45, 2.75) is 19.4 Å². The Hall–Kier alpha value is -2.40. The molecule has 2 heterocycles. The van der Waals surface area contributed by atoms with Crippen LogP contribution in [-0.2, 0) is 16.0 Å². The Kier molecular flexibility index (Phi) is 5.11. The first kappa shape index (κ1) is 16.5. The van der Waals surface area contributed by atoms with Crippen molar-refractivity contribution in [2.24, 2.45) is 0 Å². The smallest absolute Gasteiger partial charge is 0.227 e. The molecule has 1 aromatic heterocycles. The zero-order valence-corrected chi connectivity index (χ0v) is 14.1. The number of methoxy groups -OCH3 is 1. The number of hydrogen-bond acceptors (Lipinski definition) is 4. The summed E-state index contributed by atoms with van der Waals surface area (Å²) in [6, 6.07) is 11.6. The third-order valence-electron chi connectivity index (χ3n) is 4.20. The second kappa shape index (κ2) is 7.45. The van der Waals surface area contributed by atoms with Crippen LogP contribution in [0, 0.1) is 6.92 Å². The molecule has 0 spiro atoms. The van der Waals surface area contributed by atoms with E-state index >= 15 is 0 Å². The Morgan fingerprint density at radius 2 is 2.25 bits per heavy atom. The fraction of sp³-hybridized carbons (Fsp3) is 0.368. The molecule has 1 fully saturated rings. The first-order valence-corrected chi connectivity index (χ1v) is 8.10. The zero-order chi connectivity index (χ0) is 16.9.